The first-order valence-corrected chi connectivity index (χ1v) is 8.45. The summed E-state index contributed by atoms with van der Waals surface area (Å²) in [5, 5.41) is 9.25. The van der Waals surface area contributed by atoms with Gasteiger partial charge in [-0.1, -0.05) is 36.8 Å². The number of aliphatic hydroxyl groups is 1. The van der Waals surface area contributed by atoms with E-state index in [-0.39, 0.29) is 36.9 Å². The number of rotatable bonds is 5. The number of aliphatic hydroxyl groups excluding tert-OH is 1. The van der Waals surface area contributed by atoms with Gasteiger partial charge in [-0.25, -0.2) is 0 Å². The molecule has 0 spiro atoms. The lowest BCUT2D eigenvalue weighted by Gasteiger charge is -2.38. The van der Waals surface area contributed by atoms with Crippen LogP contribution < -0.4 is 0 Å². The number of carbonyl (C=O) groups excluding carboxylic acids is 2. The second-order valence-electron chi connectivity index (χ2n) is 6.42. The zero-order valence-corrected chi connectivity index (χ0v) is 13.4. The zero-order chi connectivity index (χ0) is 16.2. The van der Waals surface area contributed by atoms with Crippen LogP contribution in [0.25, 0.3) is 0 Å². The minimum atomic E-state index is -0.344. The summed E-state index contributed by atoms with van der Waals surface area (Å²) in [6.45, 7) is 1.32. The largest absolute Gasteiger partial charge is 0.396 e. The minimum Gasteiger partial charge on any atom is -0.396 e. The molecule has 2 fully saturated rings. The Bertz CT molecular complexity index is 559. The van der Waals surface area contributed by atoms with Crippen LogP contribution in [0.2, 0.25) is 0 Å². The van der Waals surface area contributed by atoms with Gasteiger partial charge in [-0.05, 0) is 31.4 Å². The van der Waals surface area contributed by atoms with E-state index in [0.29, 0.717) is 13.0 Å². The van der Waals surface area contributed by atoms with Crippen LogP contribution in [0.3, 0.4) is 0 Å². The van der Waals surface area contributed by atoms with Crippen LogP contribution in [0.15, 0.2) is 30.3 Å². The van der Waals surface area contributed by atoms with Crippen LogP contribution in [0.1, 0.15) is 37.7 Å². The Morgan fingerprint density at radius 1 is 1.13 bits per heavy atom. The SMILES string of the molecule is O=C1C[C@H](N2CCCC[C@H]2CCO)C(=O)N1Cc1ccccc1. The average Bonchev–Trinajstić information content (AvgIpc) is 2.85. The van der Waals surface area contributed by atoms with Crippen LogP contribution >= 0.6 is 0 Å². The molecular formula is C18H24N2O3. The molecule has 2 amide bonds. The molecule has 0 radical (unpaired) electrons. The molecule has 5 heteroatoms. The van der Waals surface area contributed by atoms with E-state index in [1.807, 2.05) is 30.3 Å². The van der Waals surface area contributed by atoms with Crippen molar-refractivity contribution in [2.75, 3.05) is 13.2 Å². The number of benzene rings is 1. The van der Waals surface area contributed by atoms with Crippen molar-refractivity contribution < 1.29 is 14.7 Å². The number of piperidine rings is 1. The van der Waals surface area contributed by atoms with E-state index in [1.54, 1.807) is 0 Å². The van der Waals surface area contributed by atoms with Crippen molar-refractivity contribution >= 4 is 11.8 Å². The lowest BCUT2D eigenvalue weighted by Crippen LogP contribution is -2.50. The van der Waals surface area contributed by atoms with E-state index < -0.39 is 0 Å². The van der Waals surface area contributed by atoms with Gasteiger partial charge in [0.05, 0.1) is 19.0 Å². The van der Waals surface area contributed by atoms with Crippen molar-refractivity contribution in [1.82, 2.24) is 9.80 Å². The van der Waals surface area contributed by atoms with Gasteiger partial charge in [0.25, 0.3) is 0 Å². The zero-order valence-electron chi connectivity index (χ0n) is 13.4. The Hall–Kier alpha value is -1.72. The highest BCUT2D eigenvalue weighted by Gasteiger charge is 2.44. The predicted octanol–water partition coefficient (Wildman–Crippen LogP) is 1.55. The average molecular weight is 316 g/mol. The predicted molar refractivity (Wildman–Crippen MR) is 86.5 cm³/mol. The summed E-state index contributed by atoms with van der Waals surface area (Å²) in [4.78, 5) is 28.7. The maximum absolute atomic E-state index is 12.8. The van der Waals surface area contributed by atoms with Crippen LogP contribution in [0, 0.1) is 0 Å². The molecule has 3 rings (SSSR count). The highest BCUT2D eigenvalue weighted by molar-refractivity contribution is 6.05. The summed E-state index contributed by atoms with van der Waals surface area (Å²) in [5.74, 6) is -0.166. The Morgan fingerprint density at radius 3 is 2.65 bits per heavy atom. The van der Waals surface area contributed by atoms with Gasteiger partial charge >= 0.3 is 0 Å². The third kappa shape index (κ3) is 3.46. The molecule has 1 aromatic carbocycles. The van der Waals surface area contributed by atoms with E-state index in [4.69, 9.17) is 0 Å². The lowest BCUT2D eigenvalue weighted by atomic mass is 9.97. The third-order valence-corrected chi connectivity index (χ3v) is 4.94. The Kier molecular flexibility index (Phi) is 5.08. The summed E-state index contributed by atoms with van der Waals surface area (Å²) < 4.78 is 0. The summed E-state index contributed by atoms with van der Waals surface area (Å²) in [5.41, 5.74) is 0.973. The van der Waals surface area contributed by atoms with Crippen LogP contribution in [0.5, 0.6) is 0 Å². The second-order valence-corrected chi connectivity index (χ2v) is 6.42. The summed E-state index contributed by atoms with van der Waals surface area (Å²) in [6, 6.07) is 9.49. The molecule has 124 valence electrons. The van der Waals surface area contributed by atoms with Crippen molar-refractivity contribution in [3.05, 3.63) is 35.9 Å². The van der Waals surface area contributed by atoms with Crippen LogP contribution in [-0.4, -0.2) is 52.0 Å². The number of amides is 2. The first-order valence-electron chi connectivity index (χ1n) is 8.45. The van der Waals surface area contributed by atoms with Crippen molar-refractivity contribution in [2.24, 2.45) is 0 Å². The molecule has 2 atom stereocenters. The lowest BCUT2D eigenvalue weighted by molar-refractivity contribution is -0.141. The number of likely N-dealkylation sites (tertiary alicyclic amines) is 2. The summed E-state index contributed by atoms with van der Waals surface area (Å²) >= 11 is 0. The molecule has 0 saturated carbocycles. The van der Waals surface area contributed by atoms with E-state index in [2.05, 4.69) is 4.90 Å². The normalized spacial score (nSPS) is 26.0. The smallest absolute Gasteiger partial charge is 0.247 e. The highest BCUT2D eigenvalue weighted by atomic mass is 16.3. The van der Waals surface area contributed by atoms with Gasteiger partial charge < -0.3 is 5.11 Å². The molecule has 0 aromatic heterocycles. The van der Waals surface area contributed by atoms with Gasteiger partial charge in [-0.2, -0.15) is 0 Å². The third-order valence-electron chi connectivity index (χ3n) is 4.94. The monoisotopic (exact) mass is 316 g/mol. The van der Waals surface area contributed by atoms with Crippen molar-refractivity contribution in [3.63, 3.8) is 0 Å². The van der Waals surface area contributed by atoms with Gasteiger partial charge in [0.15, 0.2) is 0 Å². The molecule has 0 unspecified atom stereocenters. The van der Waals surface area contributed by atoms with Crippen molar-refractivity contribution in [2.45, 2.75) is 50.7 Å². The molecule has 5 nitrogen and oxygen atoms in total. The fourth-order valence-electron chi connectivity index (χ4n) is 3.75. The van der Waals surface area contributed by atoms with Crippen LogP contribution in [-0.2, 0) is 16.1 Å². The topological polar surface area (TPSA) is 60.9 Å². The molecule has 2 saturated heterocycles. The van der Waals surface area contributed by atoms with E-state index in [0.717, 1.165) is 31.4 Å². The molecule has 2 heterocycles. The molecule has 2 aliphatic rings. The maximum Gasteiger partial charge on any atom is 0.247 e. The molecule has 0 bridgehead atoms. The van der Waals surface area contributed by atoms with Gasteiger partial charge in [-0.3, -0.25) is 19.4 Å². The highest BCUT2D eigenvalue weighted by Crippen LogP contribution is 2.28. The second kappa shape index (κ2) is 7.23. The Morgan fingerprint density at radius 2 is 1.91 bits per heavy atom. The molecule has 23 heavy (non-hydrogen) atoms. The van der Waals surface area contributed by atoms with Crippen LogP contribution in [0.4, 0.5) is 0 Å². The Balaban J connectivity index is 1.72. The van der Waals surface area contributed by atoms with Gasteiger partial charge in [0.1, 0.15) is 0 Å². The molecular weight excluding hydrogens is 292 g/mol. The first kappa shape index (κ1) is 16.1. The van der Waals surface area contributed by atoms with Gasteiger partial charge in [0.2, 0.25) is 11.8 Å². The number of hydrogen-bond donors (Lipinski definition) is 1. The van der Waals surface area contributed by atoms with E-state index >= 15 is 0 Å². The van der Waals surface area contributed by atoms with Crippen molar-refractivity contribution in [1.29, 1.82) is 0 Å². The molecule has 1 aromatic rings. The fraction of sp³-hybridized carbons (Fsp3) is 0.556. The fourth-order valence-corrected chi connectivity index (χ4v) is 3.75. The van der Waals surface area contributed by atoms with Gasteiger partial charge in [-0.15, -0.1) is 0 Å². The number of carbonyl (C=O) groups is 2. The standard InChI is InChI=1S/C18H24N2O3/c21-11-9-15-8-4-5-10-19(15)16-12-17(22)20(18(16)23)13-14-6-2-1-3-7-14/h1-3,6-7,15-16,21H,4-5,8-13H2/t15-,16-/m0/s1. The quantitative estimate of drug-likeness (QED) is 0.837. The number of imide groups is 1. The maximum atomic E-state index is 12.8. The first-order chi connectivity index (χ1) is 11.2. The van der Waals surface area contributed by atoms with E-state index in [9.17, 15) is 14.7 Å². The molecule has 0 aliphatic carbocycles. The summed E-state index contributed by atoms with van der Waals surface area (Å²) in [6.07, 6.45) is 4.13. The minimum absolute atomic E-state index is 0.0799. The summed E-state index contributed by atoms with van der Waals surface area (Å²) in [7, 11) is 0. The van der Waals surface area contributed by atoms with Crippen molar-refractivity contribution in [3.8, 4) is 0 Å². The van der Waals surface area contributed by atoms with E-state index in [1.165, 1.54) is 4.90 Å². The molecule has 2 aliphatic heterocycles. The number of hydrogen-bond acceptors (Lipinski definition) is 4. The van der Waals surface area contributed by atoms with Gasteiger partial charge in [0, 0.05) is 12.6 Å². The Labute approximate surface area is 136 Å². The molecule has 1 N–H and O–H groups in total. The number of nitrogens with zero attached hydrogens (tertiary/aromatic N) is 2.